The molecular formula is C74H70Cl4F10N28O4. The highest BCUT2D eigenvalue weighted by Crippen LogP contribution is 2.39. The van der Waals surface area contributed by atoms with Gasteiger partial charge in [-0.05, 0) is 95.2 Å². The van der Waals surface area contributed by atoms with Crippen LogP contribution in [0.4, 0.5) is 67.3 Å². The number of anilines is 4. The Kier molecular flexibility index (Phi) is 26.3. The molecule has 0 aromatic carbocycles. The second kappa shape index (κ2) is 36.5. The second-order valence-corrected chi connectivity index (χ2v) is 28.8. The molecule has 3 fully saturated rings. The largest absolute Gasteiger partial charge is 0.405 e. The molecule has 3 saturated heterocycles. The number of fused-ring (bicyclic) bond motifs is 4. The minimum Gasteiger partial charge on any atom is -0.354 e. The minimum atomic E-state index is -4.61. The highest BCUT2D eigenvalue weighted by molar-refractivity contribution is 6.32. The molecule has 0 spiro atoms. The van der Waals surface area contributed by atoms with E-state index in [4.69, 9.17) is 46.4 Å². The minimum absolute atomic E-state index is 0. The van der Waals surface area contributed by atoms with Crippen molar-refractivity contribution in [3.05, 3.63) is 137 Å². The van der Waals surface area contributed by atoms with E-state index < -0.39 is 103 Å². The van der Waals surface area contributed by atoms with Gasteiger partial charge in [-0.15, -0.1) is 0 Å². The van der Waals surface area contributed by atoms with Crippen LogP contribution in [0.3, 0.4) is 0 Å². The zero-order valence-corrected chi connectivity index (χ0v) is 65.6. The smallest absolute Gasteiger partial charge is 0.354 e. The lowest BCUT2D eigenvalue weighted by Crippen LogP contribution is -2.50. The van der Waals surface area contributed by atoms with Crippen LogP contribution in [0.25, 0.3) is 89.7 Å². The van der Waals surface area contributed by atoms with Gasteiger partial charge in [-0.2, -0.15) is 60.3 Å². The van der Waals surface area contributed by atoms with Crippen LogP contribution < -0.4 is 41.3 Å². The van der Waals surface area contributed by atoms with Gasteiger partial charge in [0.05, 0.1) is 44.5 Å². The molecule has 32 nitrogen and oxygen atoms in total. The van der Waals surface area contributed by atoms with Gasteiger partial charge >= 0.3 is 18.5 Å². The number of nitrogens with zero attached hydrogens (tertiary/aromatic N) is 19. The zero-order valence-electron chi connectivity index (χ0n) is 62.6. The molecule has 0 aliphatic carbocycles. The number of pyridine rings is 4. The second-order valence-electron chi connectivity index (χ2n) is 27.1. The summed E-state index contributed by atoms with van der Waals surface area (Å²) < 4.78 is 127. The third-order valence-corrected chi connectivity index (χ3v) is 20.0. The summed E-state index contributed by atoms with van der Waals surface area (Å²) in [6.45, 7) is 1.77. The van der Waals surface area contributed by atoms with Crippen LogP contribution in [0.2, 0.25) is 20.1 Å². The van der Waals surface area contributed by atoms with Crippen molar-refractivity contribution in [3.8, 4) is 63.8 Å². The van der Waals surface area contributed by atoms with Crippen molar-refractivity contribution >= 4 is 138 Å². The molecule has 15 rings (SSSR count). The van der Waals surface area contributed by atoms with Gasteiger partial charge in [-0.3, -0.25) is 19.2 Å². The van der Waals surface area contributed by atoms with Gasteiger partial charge < -0.3 is 61.2 Å². The van der Waals surface area contributed by atoms with Gasteiger partial charge in [-0.1, -0.05) is 53.3 Å². The molecule has 120 heavy (non-hydrogen) atoms. The van der Waals surface area contributed by atoms with Crippen LogP contribution in [0.15, 0.2) is 111 Å². The molecule has 0 radical (unpaired) electrons. The van der Waals surface area contributed by atoms with E-state index in [2.05, 4.69) is 107 Å². The number of halogens is 14. The fourth-order valence-electron chi connectivity index (χ4n) is 13.4. The first-order valence-electron chi connectivity index (χ1n) is 36.2. The molecule has 3 aliphatic heterocycles. The van der Waals surface area contributed by atoms with Gasteiger partial charge in [0.1, 0.15) is 102 Å². The van der Waals surface area contributed by atoms with Crippen molar-refractivity contribution in [1.82, 2.24) is 106 Å². The first kappa shape index (κ1) is 86.4. The summed E-state index contributed by atoms with van der Waals surface area (Å²) >= 11 is 24.1. The Balaban J connectivity index is 0.000000185. The number of aromatic amines is 4. The number of nitrogens with one attached hydrogen (secondary N) is 9. The molecule has 46 heteroatoms. The number of aromatic nitrogens is 17. The number of likely N-dealkylation sites (N-methyl/N-ethyl adjacent to an activating group) is 1. The summed E-state index contributed by atoms with van der Waals surface area (Å²) in [4.78, 5) is 121. The van der Waals surface area contributed by atoms with Crippen molar-refractivity contribution in [2.45, 2.75) is 126 Å². The van der Waals surface area contributed by atoms with Crippen LogP contribution in [-0.4, -0.2) is 195 Å². The number of nitriles is 3. The van der Waals surface area contributed by atoms with E-state index in [-0.39, 0.29) is 59.1 Å². The maximum absolute atomic E-state index is 14.7. The molecule has 4 amide bonds. The van der Waals surface area contributed by atoms with Crippen LogP contribution in [0, 0.1) is 39.8 Å². The molecule has 7 atom stereocenters. The molecular weight excluding hydrogens is 1680 g/mol. The summed E-state index contributed by atoms with van der Waals surface area (Å²) in [7, 11) is 0. The number of H-pyrrole nitrogens is 4. The monoisotopic (exact) mass is 1740 g/mol. The first-order valence-corrected chi connectivity index (χ1v) is 37.7. The van der Waals surface area contributed by atoms with Gasteiger partial charge in [-0.25, -0.2) is 64.2 Å². The molecule has 0 saturated carbocycles. The van der Waals surface area contributed by atoms with Crippen LogP contribution in [0.1, 0.15) is 70.0 Å². The lowest BCUT2D eigenvalue weighted by molar-refractivity contribution is -0.139. The third-order valence-electron chi connectivity index (χ3n) is 19.1. The predicted molar refractivity (Wildman–Crippen MR) is 426 cm³/mol. The summed E-state index contributed by atoms with van der Waals surface area (Å²) in [5.74, 6) is -1.97. The van der Waals surface area contributed by atoms with E-state index in [1.54, 1.807) is 60.6 Å². The standard InChI is InChI=1S/C19H14ClF4N7O.2C19H15ClF3N7O.C17H20ClN7O.3H2/c20-9-3-11-12(6-27-15(11)26-5-9)16-28-7-13(21)17(30-16)31-10(4-25)1-2-14(31)18(32)29-8-19(22,23)24;2*20-10-5-12-13(8-27-16(12)26-7-10)17-25-4-3-15(29-17)30-11(6-24)1-2-14(30)18(31)28-9-19(21,22)23;1-4-17(3,15(26)19-5-2)25-16-23-9-22-14(24-16)12-8-21-13-11(12)6-10(18)7-20-13;;;/h3,5-7,10,14H,1-2,8H2,(H,26,27)(H,29,32);2*3-5,7-8,11,14H,1-2,9H2,(H,26,27)(H,28,31);6-9H,4-5H2,1-3H3,(H,19,26)(H,20,21)(H,22,23,24,25);3*1H/t10-,14+;11-,14+;11-,14-;17-;;;/m0011.../s1. The van der Waals surface area contributed by atoms with Gasteiger partial charge in [0, 0.05) is 117 Å². The van der Waals surface area contributed by atoms with E-state index >= 15 is 0 Å². The molecule has 3 aliphatic rings. The van der Waals surface area contributed by atoms with E-state index in [0.29, 0.717) is 125 Å². The number of hydrogen-bond donors (Lipinski definition) is 9. The van der Waals surface area contributed by atoms with Crippen LogP contribution in [-0.2, 0) is 19.2 Å². The number of alkyl halides is 9. The maximum atomic E-state index is 14.7. The van der Waals surface area contributed by atoms with E-state index in [1.807, 2.05) is 37.5 Å². The maximum Gasteiger partial charge on any atom is 0.405 e. The Morgan fingerprint density at radius 1 is 0.475 bits per heavy atom. The fraction of sp³-hybridized carbons (Fsp3) is 0.324. The zero-order chi connectivity index (χ0) is 86.1. The van der Waals surface area contributed by atoms with E-state index in [0.717, 1.165) is 22.0 Å². The van der Waals surface area contributed by atoms with E-state index in [9.17, 15) is 78.9 Å². The predicted octanol–water partition coefficient (Wildman–Crippen LogP) is 13.3. The molecule has 12 aromatic rings. The summed E-state index contributed by atoms with van der Waals surface area (Å²) in [6.07, 6.45) is 6.11. The molecule has 15 heterocycles. The Morgan fingerprint density at radius 2 is 0.825 bits per heavy atom. The summed E-state index contributed by atoms with van der Waals surface area (Å²) in [5, 5.41) is 44.5. The average Bonchev–Trinajstić information content (AvgIpc) is 1.50. The quantitative estimate of drug-likeness (QED) is 0.0360. The molecule has 12 aromatic heterocycles. The van der Waals surface area contributed by atoms with Gasteiger partial charge in [0.25, 0.3) is 0 Å². The van der Waals surface area contributed by atoms with Crippen molar-refractivity contribution in [2.24, 2.45) is 0 Å². The molecule has 0 bridgehead atoms. The number of rotatable bonds is 18. The topological polar surface area (TPSA) is 440 Å². The Morgan fingerprint density at radius 3 is 1.18 bits per heavy atom. The summed E-state index contributed by atoms with van der Waals surface area (Å²) in [5.41, 5.74) is 3.94. The average molecular weight is 1750 g/mol. The van der Waals surface area contributed by atoms with Gasteiger partial charge in [0.15, 0.2) is 34.9 Å². The van der Waals surface area contributed by atoms with Crippen molar-refractivity contribution < 1.29 is 67.4 Å². The fourth-order valence-corrected chi connectivity index (χ4v) is 14.0. The Bertz CT molecular complexity index is 5770. The summed E-state index contributed by atoms with van der Waals surface area (Å²) in [6, 6.07) is 10.5. The Labute approximate surface area is 696 Å². The number of amides is 4. The first-order chi connectivity index (χ1) is 57.2. The molecule has 628 valence electrons. The lowest BCUT2D eigenvalue weighted by atomic mass is 9.98. The van der Waals surface area contributed by atoms with Crippen molar-refractivity contribution in [3.63, 3.8) is 0 Å². The highest BCUT2D eigenvalue weighted by atomic mass is 35.5. The Hall–Kier alpha value is -13.0. The van der Waals surface area contributed by atoms with Crippen molar-refractivity contribution in [1.29, 1.82) is 15.8 Å². The molecule has 9 N–H and O–H groups in total. The molecule has 0 unspecified atom stereocenters. The SMILES string of the molecule is CCNC(=O)[C@@](C)(CC)Nc1ncnc(-c2c[nH]c3ncc(Cl)cc23)n1.N#C[C@@H]1CC[C@H](C(=O)NCC(F)(F)F)N1c1ccnc(-c2c[nH]c3ncc(Cl)cc23)n1.N#C[C@@H]1CC[C@H](C(=O)NCC(F)(F)F)N1c1nc(-c2c[nH]c3ncc(Cl)cc23)ncc1F.N#C[C@H]1CC[C@H](C(=O)NCC(F)(F)F)N1c1ccnc(-c2c[nH]c3ncc(Cl)cc23)n1.[HH].[HH].[HH]. The van der Waals surface area contributed by atoms with Crippen LogP contribution >= 0.6 is 46.4 Å². The van der Waals surface area contributed by atoms with Crippen LogP contribution in [0.5, 0.6) is 0 Å². The third kappa shape index (κ3) is 20.1. The van der Waals surface area contributed by atoms with Crippen molar-refractivity contribution in [2.75, 3.05) is 46.2 Å². The normalized spacial score (nSPS) is 17.6. The number of carbonyl (C=O) groups excluding carboxylic acids is 4. The van der Waals surface area contributed by atoms with E-state index in [1.165, 1.54) is 59.2 Å². The lowest BCUT2D eigenvalue weighted by Gasteiger charge is -2.28. The van der Waals surface area contributed by atoms with Gasteiger partial charge in [0.2, 0.25) is 29.6 Å². The number of hydrogen-bond acceptors (Lipinski definition) is 24. The number of carbonyl (C=O) groups is 4. The highest BCUT2D eigenvalue weighted by Gasteiger charge is 2.45.